The lowest BCUT2D eigenvalue weighted by atomic mass is 10.1. The van der Waals surface area contributed by atoms with Crippen molar-refractivity contribution in [3.8, 4) is 0 Å². The molecule has 0 unspecified atom stereocenters. The zero-order valence-electron chi connectivity index (χ0n) is 11.4. The van der Waals surface area contributed by atoms with E-state index in [1.807, 2.05) is 13.8 Å². The highest BCUT2D eigenvalue weighted by molar-refractivity contribution is 6.30. The largest absolute Gasteiger partial charge is 0.465 e. The van der Waals surface area contributed by atoms with Crippen molar-refractivity contribution in [2.45, 2.75) is 26.8 Å². The number of nitrogens with zero attached hydrogens (tertiary/aromatic N) is 1. The van der Waals surface area contributed by atoms with Crippen molar-refractivity contribution < 1.29 is 14.3 Å². The predicted octanol–water partition coefficient (Wildman–Crippen LogP) is 2.75. The first-order valence-corrected chi connectivity index (χ1v) is 6.55. The molecule has 1 aromatic carbocycles. The minimum atomic E-state index is -0.404. The number of rotatable bonds is 5. The lowest BCUT2D eigenvalue weighted by Crippen LogP contribution is -2.41. The van der Waals surface area contributed by atoms with Crippen molar-refractivity contribution in [1.29, 1.82) is 0 Å². The van der Waals surface area contributed by atoms with E-state index in [0.29, 0.717) is 17.2 Å². The fraction of sp³-hybridized carbons (Fsp3) is 0.429. The van der Waals surface area contributed by atoms with E-state index in [2.05, 4.69) is 0 Å². The molecule has 1 amide bonds. The molecule has 0 heterocycles. The maximum Gasteiger partial charge on any atom is 0.325 e. The van der Waals surface area contributed by atoms with E-state index in [-0.39, 0.29) is 18.5 Å². The van der Waals surface area contributed by atoms with E-state index in [0.717, 1.165) is 0 Å². The summed E-state index contributed by atoms with van der Waals surface area (Å²) in [6.07, 6.45) is 0. The fourth-order valence-electron chi connectivity index (χ4n) is 1.59. The first kappa shape index (κ1) is 15.5. The SMILES string of the molecule is CCOC(=O)CN(C(=O)c1ccc(Cl)cc1)C(C)C. The monoisotopic (exact) mass is 283 g/mol. The van der Waals surface area contributed by atoms with Crippen LogP contribution in [0.5, 0.6) is 0 Å². The van der Waals surface area contributed by atoms with Gasteiger partial charge >= 0.3 is 5.97 Å². The van der Waals surface area contributed by atoms with E-state index < -0.39 is 5.97 Å². The predicted molar refractivity (Wildman–Crippen MR) is 74.3 cm³/mol. The number of ether oxygens (including phenoxy) is 1. The Morgan fingerprint density at radius 2 is 1.84 bits per heavy atom. The van der Waals surface area contributed by atoms with Gasteiger partial charge in [0.1, 0.15) is 6.54 Å². The van der Waals surface area contributed by atoms with Gasteiger partial charge < -0.3 is 9.64 Å². The lowest BCUT2D eigenvalue weighted by molar-refractivity contribution is -0.144. The van der Waals surface area contributed by atoms with Crippen LogP contribution in [0.1, 0.15) is 31.1 Å². The van der Waals surface area contributed by atoms with Crippen LogP contribution >= 0.6 is 11.6 Å². The highest BCUT2D eigenvalue weighted by atomic mass is 35.5. The Morgan fingerprint density at radius 3 is 2.32 bits per heavy atom. The van der Waals surface area contributed by atoms with Crippen LogP contribution < -0.4 is 0 Å². The van der Waals surface area contributed by atoms with Crippen LogP contribution in [0.15, 0.2) is 24.3 Å². The van der Waals surface area contributed by atoms with Gasteiger partial charge in [-0.2, -0.15) is 0 Å². The Kier molecular flexibility index (Phi) is 5.83. The van der Waals surface area contributed by atoms with Gasteiger partial charge in [0.25, 0.3) is 5.91 Å². The van der Waals surface area contributed by atoms with Crippen LogP contribution in [0.2, 0.25) is 5.02 Å². The molecule has 1 rings (SSSR count). The van der Waals surface area contributed by atoms with Gasteiger partial charge in [-0.25, -0.2) is 0 Å². The Bertz CT molecular complexity index is 443. The molecule has 0 N–H and O–H groups in total. The van der Waals surface area contributed by atoms with Crippen molar-refractivity contribution in [2.24, 2.45) is 0 Å². The minimum absolute atomic E-state index is 0.0486. The zero-order chi connectivity index (χ0) is 14.4. The molecule has 0 aliphatic rings. The fourth-order valence-corrected chi connectivity index (χ4v) is 1.72. The molecule has 19 heavy (non-hydrogen) atoms. The summed E-state index contributed by atoms with van der Waals surface area (Å²) in [5, 5.41) is 0.568. The first-order valence-electron chi connectivity index (χ1n) is 6.17. The third-order valence-corrected chi connectivity index (χ3v) is 2.83. The molecule has 0 radical (unpaired) electrons. The first-order chi connectivity index (χ1) is 8.95. The molecule has 0 fully saturated rings. The molecule has 0 saturated carbocycles. The summed E-state index contributed by atoms with van der Waals surface area (Å²) < 4.78 is 4.87. The molecule has 0 aromatic heterocycles. The van der Waals surface area contributed by atoms with E-state index >= 15 is 0 Å². The van der Waals surface area contributed by atoms with Gasteiger partial charge in [-0.1, -0.05) is 11.6 Å². The normalized spacial score (nSPS) is 10.4. The van der Waals surface area contributed by atoms with Crippen LogP contribution in [0.4, 0.5) is 0 Å². The van der Waals surface area contributed by atoms with Gasteiger partial charge in [0.05, 0.1) is 6.61 Å². The van der Waals surface area contributed by atoms with Crippen molar-refractivity contribution in [3.63, 3.8) is 0 Å². The molecule has 0 aliphatic heterocycles. The second kappa shape index (κ2) is 7.14. The van der Waals surface area contributed by atoms with Gasteiger partial charge in [0.2, 0.25) is 0 Å². The van der Waals surface area contributed by atoms with Crippen LogP contribution in [0.3, 0.4) is 0 Å². The molecule has 0 spiro atoms. The third-order valence-electron chi connectivity index (χ3n) is 2.58. The number of benzene rings is 1. The van der Waals surface area contributed by atoms with Gasteiger partial charge in [-0.05, 0) is 45.0 Å². The summed E-state index contributed by atoms with van der Waals surface area (Å²) in [4.78, 5) is 25.3. The molecule has 5 heteroatoms. The average molecular weight is 284 g/mol. The van der Waals surface area contributed by atoms with Crippen LogP contribution in [0, 0.1) is 0 Å². The summed E-state index contributed by atoms with van der Waals surface area (Å²) in [5.41, 5.74) is 0.502. The number of hydrogen-bond acceptors (Lipinski definition) is 3. The van der Waals surface area contributed by atoms with Crippen molar-refractivity contribution in [1.82, 2.24) is 4.90 Å². The van der Waals surface area contributed by atoms with E-state index in [1.165, 1.54) is 4.90 Å². The number of carbonyl (C=O) groups is 2. The molecule has 0 bridgehead atoms. The van der Waals surface area contributed by atoms with Gasteiger partial charge in [0, 0.05) is 16.6 Å². The molecular weight excluding hydrogens is 266 g/mol. The summed E-state index contributed by atoms with van der Waals surface area (Å²) in [5.74, 6) is -0.613. The van der Waals surface area contributed by atoms with E-state index in [4.69, 9.17) is 16.3 Å². The minimum Gasteiger partial charge on any atom is -0.465 e. The van der Waals surface area contributed by atoms with Crippen LogP contribution in [0.25, 0.3) is 0 Å². The summed E-state index contributed by atoms with van der Waals surface area (Å²) in [6.45, 7) is 5.70. The molecule has 4 nitrogen and oxygen atoms in total. The van der Waals surface area contributed by atoms with Crippen molar-refractivity contribution in [3.05, 3.63) is 34.9 Å². The number of halogens is 1. The topological polar surface area (TPSA) is 46.6 Å². The number of esters is 1. The second-order valence-electron chi connectivity index (χ2n) is 4.34. The Balaban J connectivity index is 2.84. The van der Waals surface area contributed by atoms with Gasteiger partial charge in [-0.15, -0.1) is 0 Å². The smallest absolute Gasteiger partial charge is 0.325 e. The molecule has 0 aliphatic carbocycles. The van der Waals surface area contributed by atoms with E-state index in [1.54, 1.807) is 31.2 Å². The molecule has 1 aromatic rings. The molecule has 104 valence electrons. The van der Waals surface area contributed by atoms with Crippen LogP contribution in [-0.4, -0.2) is 36.0 Å². The van der Waals surface area contributed by atoms with Gasteiger partial charge in [0.15, 0.2) is 0 Å². The molecular formula is C14H18ClNO3. The van der Waals surface area contributed by atoms with E-state index in [9.17, 15) is 9.59 Å². The highest BCUT2D eigenvalue weighted by Crippen LogP contribution is 2.13. The average Bonchev–Trinajstić information content (AvgIpc) is 2.36. The number of hydrogen-bond donors (Lipinski definition) is 0. The second-order valence-corrected chi connectivity index (χ2v) is 4.78. The van der Waals surface area contributed by atoms with Crippen LogP contribution in [-0.2, 0) is 9.53 Å². The quantitative estimate of drug-likeness (QED) is 0.781. The lowest BCUT2D eigenvalue weighted by Gasteiger charge is -2.25. The Morgan fingerprint density at radius 1 is 1.26 bits per heavy atom. The molecule has 0 saturated heterocycles. The standard InChI is InChI=1S/C14H18ClNO3/c1-4-19-13(17)9-16(10(2)3)14(18)11-5-7-12(15)8-6-11/h5-8,10H,4,9H2,1-3H3. The highest BCUT2D eigenvalue weighted by Gasteiger charge is 2.21. The van der Waals surface area contributed by atoms with Gasteiger partial charge in [-0.3, -0.25) is 9.59 Å². The summed E-state index contributed by atoms with van der Waals surface area (Å²) in [7, 11) is 0. The van der Waals surface area contributed by atoms with Crippen molar-refractivity contribution >= 4 is 23.5 Å². The number of amides is 1. The Labute approximate surface area is 118 Å². The number of carbonyl (C=O) groups excluding carboxylic acids is 2. The summed E-state index contributed by atoms with van der Waals surface area (Å²) in [6, 6.07) is 6.50. The van der Waals surface area contributed by atoms with Crippen molar-refractivity contribution in [2.75, 3.05) is 13.2 Å². The Hall–Kier alpha value is -1.55. The third kappa shape index (κ3) is 4.56. The maximum absolute atomic E-state index is 12.3. The zero-order valence-corrected chi connectivity index (χ0v) is 12.1. The maximum atomic E-state index is 12.3. The summed E-state index contributed by atoms with van der Waals surface area (Å²) >= 11 is 5.79. The molecule has 0 atom stereocenters.